The Balaban J connectivity index is 1.68. The van der Waals surface area contributed by atoms with Crippen LogP contribution in [0.4, 0.5) is 0 Å². The van der Waals surface area contributed by atoms with Gasteiger partial charge in [0.1, 0.15) is 5.75 Å². The van der Waals surface area contributed by atoms with E-state index < -0.39 is 0 Å². The summed E-state index contributed by atoms with van der Waals surface area (Å²) >= 11 is 6.81. The lowest BCUT2D eigenvalue weighted by Gasteiger charge is -2.09. The molecule has 1 heterocycles. The molecule has 5 nitrogen and oxygen atoms in total. The van der Waals surface area contributed by atoms with E-state index in [4.69, 9.17) is 17.0 Å². The third-order valence-corrected chi connectivity index (χ3v) is 4.24. The molecule has 1 amide bonds. The minimum atomic E-state index is -0.291. The van der Waals surface area contributed by atoms with Crippen LogP contribution < -0.4 is 20.9 Å². The summed E-state index contributed by atoms with van der Waals surface area (Å²) in [5.74, 6) is 0.451. The first-order valence-corrected chi connectivity index (χ1v) is 8.64. The van der Waals surface area contributed by atoms with Gasteiger partial charge in [-0.15, -0.1) is 11.3 Å². The van der Waals surface area contributed by atoms with E-state index in [2.05, 4.69) is 22.2 Å². The summed E-state index contributed by atoms with van der Waals surface area (Å²) in [7, 11) is 1.60. The molecule has 0 aliphatic rings. The van der Waals surface area contributed by atoms with Crippen molar-refractivity contribution in [2.75, 3.05) is 13.7 Å². The number of hydrazine groups is 1. The van der Waals surface area contributed by atoms with Crippen LogP contribution in [0.5, 0.6) is 5.75 Å². The van der Waals surface area contributed by atoms with Crippen molar-refractivity contribution in [2.45, 2.75) is 6.42 Å². The molecule has 0 fully saturated rings. The number of amides is 1. The summed E-state index contributed by atoms with van der Waals surface area (Å²) in [6.07, 6.45) is 4.02. The van der Waals surface area contributed by atoms with E-state index in [0.717, 1.165) is 17.7 Å². The molecule has 0 radical (unpaired) electrons. The summed E-state index contributed by atoms with van der Waals surface area (Å²) in [5, 5.41) is 5.46. The van der Waals surface area contributed by atoms with Gasteiger partial charge in [0.05, 0.1) is 7.11 Å². The van der Waals surface area contributed by atoms with E-state index in [1.165, 1.54) is 11.0 Å². The van der Waals surface area contributed by atoms with Gasteiger partial charge < -0.3 is 10.1 Å². The van der Waals surface area contributed by atoms with Crippen molar-refractivity contribution in [2.24, 2.45) is 0 Å². The maximum atomic E-state index is 11.8. The summed E-state index contributed by atoms with van der Waals surface area (Å²) in [6, 6.07) is 11.5. The van der Waals surface area contributed by atoms with Crippen LogP contribution in [0.25, 0.3) is 6.08 Å². The fraction of sp³-hybridized carbons (Fsp3) is 0.176. The van der Waals surface area contributed by atoms with Crippen molar-refractivity contribution in [1.29, 1.82) is 0 Å². The second-order valence-electron chi connectivity index (χ2n) is 4.81. The van der Waals surface area contributed by atoms with Gasteiger partial charge >= 0.3 is 0 Å². The number of thiophene rings is 1. The monoisotopic (exact) mass is 361 g/mol. The second kappa shape index (κ2) is 9.69. The van der Waals surface area contributed by atoms with Crippen molar-refractivity contribution in [1.82, 2.24) is 16.2 Å². The van der Waals surface area contributed by atoms with Gasteiger partial charge in [-0.25, -0.2) is 0 Å². The molecule has 1 aromatic carbocycles. The Hall–Kier alpha value is -2.38. The molecule has 2 aromatic rings. The van der Waals surface area contributed by atoms with E-state index >= 15 is 0 Å². The average Bonchev–Trinajstić information content (AvgIpc) is 3.11. The fourth-order valence-electron chi connectivity index (χ4n) is 1.88. The summed E-state index contributed by atoms with van der Waals surface area (Å²) in [5.41, 5.74) is 6.06. The molecule has 3 N–H and O–H groups in total. The van der Waals surface area contributed by atoms with Crippen LogP contribution >= 0.6 is 23.6 Å². The molecule has 0 saturated carbocycles. The van der Waals surface area contributed by atoms with Gasteiger partial charge in [-0.1, -0.05) is 18.2 Å². The van der Waals surface area contributed by atoms with E-state index in [1.54, 1.807) is 24.5 Å². The van der Waals surface area contributed by atoms with E-state index in [9.17, 15) is 4.79 Å². The lowest BCUT2D eigenvalue weighted by molar-refractivity contribution is -0.116. The Bertz CT molecular complexity index is 700. The molecule has 0 saturated heterocycles. The Labute approximate surface area is 150 Å². The maximum Gasteiger partial charge on any atom is 0.262 e. The predicted molar refractivity (Wildman–Crippen MR) is 102 cm³/mol. The van der Waals surface area contributed by atoms with Crippen LogP contribution in [0.3, 0.4) is 0 Å². The summed E-state index contributed by atoms with van der Waals surface area (Å²) in [6.45, 7) is 0.710. The number of nitrogens with one attached hydrogen (secondary N) is 3. The number of carbonyl (C=O) groups excluding carboxylic acids is 1. The molecular weight excluding hydrogens is 342 g/mol. The van der Waals surface area contributed by atoms with E-state index in [0.29, 0.717) is 11.7 Å². The number of benzene rings is 1. The first kappa shape index (κ1) is 18.0. The van der Waals surface area contributed by atoms with Gasteiger partial charge in [0, 0.05) is 17.5 Å². The Morgan fingerprint density at radius 2 is 2.17 bits per heavy atom. The lowest BCUT2D eigenvalue weighted by Crippen LogP contribution is -2.46. The zero-order chi connectivity index (χ0) is 17.2. The molecule has 0 unspecified atom stereocenters. The lowest BCUT2D eigenvalue weighted by atomic mass is 10.2. The number of ether oxygens (including phenoxy) is 1. The molecule has 1 aromatic heterocycles. The number of carbonyl (C=O) groups is 1. The molecule has 0 spiro atoms. The maximum absolute atomic E-state index is 11.8. The highest BCUT2D eigenvalue weighted by Crippen LogP contribution is 2.13. The van der Waals surface area contributed by atoms with Crippen LogP contribution in [0.2, 0.25) is 0 Å². The Morgan fingerprint density at radius 3 is 2.92 bits per heavy atom. The highest BCUT2D eigenvalue weighted by atomic mass is 32.1. The highest BCUT2D eigenvalue weighted by Gasteiger charge is 1.99. The number of hydrogen-bond donors (Lipinski definition) is 3. The third kappa shape index (κ3) is 6.39. The van der Waals surface area contributed by atoms with Crippen LogP contribution in [0, 0.1) is 0 Å². The molecule has 2 rings (SSSR count). The van der Waals surface area contributed by atoms with Crippen LogP contribution in [-0.4, -0.2) is 24.7 Å². The van der Waals surface area contributed by atoms with E-state index in [-0.39, 0.29) is 5.91 Å². The normalized spacial score (nSPS) is 10.4. The van der Waals surface area contributed by atoms with Crippen molar-refractivity contribution < 1.29 is 9.53 Å². The molecule has 0 aliphatic heterocycles. The van der Waals surface area contributed by atoms with Gasteiger partial charge in [-0.3, -0.25) is 15.6 Å². The molecule has 7 heteroatoms. The second-order valence-corrected chi connectivity index (χ2v) is 6.25. The van der Waals surface area contributed by atoms with Gasteiger partial charge in [0.25, 0.3) is 5.91 Å². The third-order valence-electron chi connectivity index (χ3n) is 3.06. The van der Waals surface area contributed by atoms with Gasteiger partial charge in [-0.05, 0) is 53.9 Å². The molecular formula is C17H19N3O2S2. The van der Waals surface area contributed by atoms with E-state index in [1.807, 2.05) is 35.7 Å². The molecule has 126 valence electrons. The number of methoxy groups -OCH3 is 1. The first-order chi connectivity index (χ1) is 11.7. The SMILES string of the molecule is COc1cccc(/C=C/C(=O)NNC(=S)NCCc2cccs2)c1. The Morgan fingerprint density at radius 1 is 1.29 bits per heavy atom. The van der Waals surface area contributed by atoms with Crippen molar-refractivity contribution in [3.8, 4) is 5.75 Å². The predicted octanol–water partition coefficient (Wildman–Crippen LogP) is 2.51. The minimum Gasteiger partial charge on any atom is -0.497 e. The fourth-order valence-corrected chi connectivity index (χ4v) is 2.74. The van der Waals surface area contributed by atoms with Crippen molar-refractivity contribution in [3.63, 3.8) is 0 Å². The summed E-state index contributed by atoms with van der Waals surface area (Å²) < 4.78 is 5.13. The number of rotatable bonds is 6. The van der Waals surface area contributed by atoms with Crippen molar-refractivity contribution >= 4 is 40.7 Å². The van der Waals surface area contributed by atoms with Gasteiger partial charge in [-0.2, -0.15) is 0 Å². The highest BCUT2D eigenvalue weighted by molar-refractivity contribution is 7.80. The smallest absolute Gasteiger partial charge is 0.262 e. The van der Waals surface area contributed by atoms with Crippen LogP contribution in [-0.2, 0) is 11.2 Å². The quantitative estimate of drug-likeness (QED) is 0.419. The minimum absolute atomic E-state index is 0.291. The van der Waals surface area contributed by atoms with Gasteiger partial charge in [0.15, 0.2) is 5.11 Å². The van der Waals surface area contributed by atoms with Crippen LogP contribution in [0.1, 0.15) is 10.4 Å². The van der Waals surface area contributed by atoms with Crippen molar-refractivity contribution in [3.05, 3.63) is 58.3 Å². The average molecular weight is 361 g/mol. The number of thiocarbonyl (C=S) groups is 1. The molecule has 24 heavy (non-hydrogen) atoms. The molecule has 0 aliphatic carbocycles. The Kier molecular flexibility index (Phi) is 7.25. The largest absolute Gasteiger partial charge is 0.497 e. The number of hydrogen-bond acceptors (Lipinski definition) is 4. The zero-order valence-electron chi connectivity index (χ0n) is 13.2. The standard InChI is InChI=1S/C17H19N3O2S2/c1-22-14-5-2-4-13(12-14)7-8-16(21)19-20-17(23)18-10-9-15-6-3-11-24-15/h2-8,11-12H,9-10H2,1H3,(H,19,21)(H2,18,20,23)/b8-7+. The molecule has 0 atom stereocenters. The zero-order valence-corrected chi connectivity index (χ0v) is 14.9. The summed E-state index contributed by atoms with van der Waals surface area (Å²) in [4.78, 5) is 13.0. The first-order valence-electron chi connectivity index (χ1n) is 7.35. The van der Waals surface area contributed by atoms with Crippen LogP contribution in [0.15, 0.2) is 47.9 Å². The molecule has 0 bridgehead atoms. The topological polar surface area (TPSA) is 62.4 Å². The van der Waals surface area contributed by atoms with Gasteiger partial charge in [0.2, 0.25) is 0 Å².